The van der Waals surface area contributed by atoms with Crippen LogP contribution in [0.25, 0.3) is 33.4 Å². The van der Waals surface area contributed by atoms with Gasteiger partial charge in [0, 0.05) is 22.7 Å². The van der Waals surface area contributed by atoms with Gasteiger partial charge in [0.2, 0.25) is 0 Å². The lowest BCUT2D eigenvalue weighted by molar-refractivity contribution is 1.45. The highest BCUT2D eigenvalue weighted by Crippen LogP contribution is 2.41. The van der Waals surface area contributed by atoms with Gasteiger partial charge in [0.15, 0.2) is 0 Å². The predicted molar refractivity (Wildman–Crippen MR) is 172 cm³/mol. The van der Waals surface area contributed by atoms with Gasteiger partial charge in [0.05, 0.1) is 0 Å². The van der Waals surface area contributed by atoms with E-state index in [2.05, 4.69) is 170 Å². The summed E-state index contributed by atoms with van der Waals surface area (Å²) in [6, 6.07) is 51.7. The Balaban J connectivity index is 1.46. The van der Waals surface area contributed by atoms with E-state index >= 15 is 0 Å². The molecule has 0 aliphatic heterocycles. The first kappa shape index (κ1) is 25.2. The molecule has 0 aliphatic carbocycles. The number of anilines is 4. The van der Waals surface area contributed by atoms with E-state index in [1.807, 2.05) is 0 Å². The van der Waals surface area contributed by atoms with E-state index in [1.165, 1.54) is 44.5 Å². The quantitative estimate of drug-likeness (QED) is 0.220. The summed E-state index contributed by atoms with van der Waals surface area (Å²) in [6.45, 7) is 4.22. The summed E-state index contributed by atoms with van der Waals surface area (Å²) in [4.78, 5) is 0. The summed E-state index contributed by atoms with van der Waals surface area (Å²) >= 11 is 0. The van der Waals surface area contributed by atoms with Crippen LogP contribution in [0.4, 0.5) is 22.7 Å². The van der Waals surface area contributed by atoms with Gasteiger partial charge in [-0.05, 0) is 95.8 Å². The normalized spacial score (nSPS) is 10.8. The lowest BCUT2D eigenvalue weighted by atomic mass is 9.88. The molecule has 0 saturated heterocycles. The van der Waals surface area contributed by atoms with Gasteiger partial charge in [0.1, 0.15) is 0 Å². The molecular weight excluding hydrogens is 484 g/mol. The molecule has 0 aliphatic rings. The van der Waals surface area contributed by atoms with Crippen LogP contribution < -0.4 is 10.6 Å². The number of hydrogen-bond acceptors (Lipinski definition) is 2. The maximum atomic E-state index is 3.60. The molecule has 0 spiro atoms. The minimum absolute atomic E-state index is 1.06. The number of hydrogen-bond donors (Lipinski definition) is 2. The van der Waals surface area contributed by atoms with Gasteiger partial charge in [-0.2, -0.15) is 0 Å². The SMILES string of the molecule is Cc1ccc(Nc2ccc(-c3ccc(Nc4ccc(C)cc4)cc3-c3ccccc3)c(-c3ccccc3)c2)cc1. The molecule has 6 aromatic rings. The maximum absolute atomic E-state index is 3.60. The minimum Gasteiger partial charge on any atom is -0.356 e. The summed E-state index contributed by atoms with van der Waals surface area (Å²) in [5.74, 6) is 0. The third kappa shape index (κ3) is 5.67. The van der Waals surface area contributed by atoms with Crippen LogP contribution in [-0.4, -0.2) is 0 Å². The smallest absolute Gasteiger partial charge is 0.0390 e. The highest BCUT2D eigenvalue weighted by molar-refractivity contribution is 5.94. The van der Waals surface area contributed by atoms with E-state index in [0.29, 0.717) is 0 Å². The molecule has 6 rings (SSSR count). The second-order valence-corrected chi connectivity index (χ2v) is 10.2. The molecule has 0 unspecified atom stereocenters. The molecule has 0 radical (unpaired) electrons. The van der Waals surface area contributed by atoms with Crippen molar-refractivity contribution in [3.63, 3.8) is 0 Å². The van der Waals surface area contributed by atoms with Crippen LogP contribution in [0.1, 0.15) is 11.1 Å². The van der Waals surface area contributed by atoms with E-state index in [0.717, 1.165) is 22.7 Å². The molecule has 40 heavy (non-hydrogen) atoms. The second kappa shape index (κ2) is 11.3. The average molecular weight is 517 g/mol. The molecule has 2 nitrogen and oxygen atoms in total. The first-order chi connectivity index (χ1) is 19.6. The second-order valence-electron chi connectivity index (χ2n) is 10.2. The van der Waals surface area contributed by atoms with Gasteiger partial charge in [-0.15, -0.1) is 0 Å². The molecule has 0 amide bonds. The van der Waals surface area contributed by atoms with Crippen molar-refractivity contribution in [2.75, 3.05) is 10.6 Å². The van der Waals surface area contributed by atoms with Crippen LogP contribution in [-0.2, 0) is 0 Å². The predicted octanol–water partition coefficient (Wildman–Crippen LogP) is 10.8. The molecule has 0 bridgehead atoms. The van der Waals surface area contributed by atoms with Crippen molar-refractivity contribution in [1.29, 1.82) is 0 Å². The Morgan fingerprint density at radius 3 is 1.05 bits per heavy atom. The third-order valence-corrected chi connectivity index (χ3v) is 7.18. The molecule has 0 heterocycles. The molecule has 0 atom stereocenters. The fourth-order valence-electron chi connectivity index (χ4n) is 5.03. The summed E-state index contributed by atoms with van der Waals surface area (Å²) in [6.07, 6.45) is 0. The van der Waals surface area contributed by atoms with Crippen molar-refractivity contribution in [3.05, 3.63) is 157 Å². The van der Waals surface area contributed by atoms with Gasteiger partial charge in [0.25, 0.3) is 0 Å². The summed E-state index contributed by atoms with van der Waals surface area (Å²) in [5, 5.41) is 7.19. The van der Waals surface area contributed by atoms with E-state index in [1.54, 1.807) is 0 Å². The molecule has 2 N–H and O–H groups in total. The minimum atomic E-state index is 1.06. The standard InChI is InChI=1S/C38H32N2/c1-27-13-17-31(18-14-27)39-33-21-23-35(37(25-33)29-9-5-3-6-10-29)36-24-22-34(40-32-19-15-28(2)16-20-32)26-38(36)30-11-7-4-8-12-30/h3-26,39-40H,1-2H3. The zero-order valence-corrected chi connectivity index (χ0v) is 22.9. The summed E-state index contributed by atoms with van der Waals surface area (Å²) in [5.41, 5.74) is 13.9. The lowest BCUT2D eigenvalue weighted by Crippen LogP contribution is -1.96. The van der Waals surface area contributed by atoms with E-state index in [4.69, 9.17) is 0 Å². The lowest BCUT2D eigenvalue weighted by Gasteiger charge is -2.18. The van der Waals surface area contributed by atoms with Gasteiger partial charge in [-0.1, -0.05) is 108 Å². The Kier molecular flexibility index (Phi) is 7.15. The van der Waals surface area contributed by atoms with Crippen molar-refractivity contribution >= 4 is 22.7 Å². The van der Waals surface area contributed by atoms with Crippen LogP contribution in [0.2, 0.25) is 0 Å². The first-order valence-corrected chi connectivity index (χ1v) is 13.7. The monoisotopic (exact) mass is 516 g/mol. The molecule has 194 valence electrons. The average Bonchev–Trinajstić information content (AvgIpc) is 3.00. The fraction of sp³-hybridized carbons (Fsp3) is 0.0526. The van der Waals surface area contributed by atoms with Crippen LogP contribution in [0.3, 0.4) is 0 Å². The molecular formula is C38H32N2. The van der Waals surface area contributed by atoms with Crippen molar-refractivity contribution in [2.24, 2.45) is 0 Å². The van der Waals surface area contributed by atoms with Gasteiger partial charge < -0.3 is 10.6 Å². The Morgan fingerprint density at radius 2 is 0.675 bits per heavy atom. The largest absolute Gasteiger partial charge is 0.356 e. The fourth-order valence-corrected chi connectivity index (χ4v) is 5.03. The first-order valence-electron chi connectivity index (χ1n) is 13.7. The van der Waals surface area contributed by atoms with Crippen molar-refractivity contribution < 1.29 is 0 Å². The van der Waals surface area contributed by atoms with E-state index in [9.17, 15) is 0 Å². The van der Waals surface area contributed by atoms with Crippen LogP contribution in [0.5, 0.6) is 0 Å². The van der Waals surface area contributed by atoms with Crippen molar-refractivity contribution in [1.82, 2.24) is 0 Å². The van der Waals surface area contributed by atoms with Gasteiger partial charge >= 0.3 is 0 Å². The molecule has 6 aromatic carbocycles. The molecule has 0 aromatic heterocycles. The molecule has 2 heteroatoms. The van der Waals surface area contributed by atoms with E-state index in [-0.39, 0.29) is 0 Å². The summed E-state index contributed by atoms with van der Waals surface area (Å²) < 4.78 is 0. The molecule has 0 fully saturated rings. The number of nitrogens with one attached hydrogen (secondary N) is 2. The number of rotatable bonds is 7. The van der Waals surface area contributed by atoms with Gasteiger partial charge in [-0.3, -0.25) is 0 Å². The highest BCUT2D eigenvalue weighted by atomic mass is 14.9. The Bertz CT molecular complexity index is 1590. The number of aryl methyl sites for hydroxylation is 2. The van der Waals surface area contributed by atoms with Crippen LogP contribution in [0.15, 0.2) is 146 Å². The highest BCUT2D eigenvalue weighted by Gasteiger charge is 2.15. The van der Waals surface area contributed by atoms with Gasteiger partial charge in [-0.25, -0.2) is 0 Å². The molecule has 0 saturated carbocycles. The Labute approximate surface area is 237 Å². The maximum Gasteiger partial charge on any atom is 0.0390 e. The summed E-state index contributed by atoms with van der Waals surface area (Å²) in [7, 11) is 0. The van der Waals surface area contributed by atoms with Crippen LogP contribution in [0, 0.1) is 13.8 Å². The Morgan fingerprint density at radius 1 is 0.325 bits per heavy atom. The van der Waals surface area contributed by atoms with Crippen LogP contribution >= 0.6 is 0 Å². The topological polar surface area (TPSA) is 24.1 Å². The van der Waals surface area contributed by atoms with Crippen molar-refractivity contribution in [3.8, 4) is 33.4 Å². The third-order valence-electron chi connectivity index (χ3n) is 7.18. The van der Waals surface area contributed by atoms with E-state index < -0.39 is 0 Å². The number of benzene rings is 6. The van der Waals surface area contributed by atoms with Crippen molar-refractivity contribution in [2.45, 2.75) is 13.8 Å². The zero-order chi connectivity index (χ0) is 27.3. The Hall–Kier alpha value is -5.08. The zero-order valence-electron chi connectivity index (χ0n) is 22.9.